The average molecular weight is 252 g/mol. The first-order chi connectivity index (χ1) is 8.22. The molecule has 1 saturated carbocycles. The maximum Gasteiger partial charge on any atom is 0.0798 e. The van der Waals surface area contributed by atoms with E-state index in [-0.39, 0.29) is 0 Å². The molecule has 1 N–H and O–H groups in total. The summed E-state index contributed by atoms with van der Waals surface area (Å²) in [5.74, 6) is 1.74. The Balaban J connectivity index is 2.09. The Morgan fingerprint density at radius 2 is 2.12 bits per heavy atom. The molecule has 2 rings (SSSR count). The molecule has 0 saturated heterocycles. The minimum atomic E-state index is 0.542. The molecule has 0 amide bonds. The first kappa shape index (κ1) is 13.0. The predicted octanol–water partition coefficient (Wildman–Crippen LogP) is 3.93. The van der Waals surface area contributed by atoms with Crippen LogP contribution in [0.15, 0.2) is 5.51 Å². The molecule has 0 aromatic carbocycles. The van der Waals surface area contributed by atoms with Gasteiger partial charge in [-0.25, -0.2) is 4.98 Å². The molecular formula is C14H24N2S. The number of hydrogen-bond donors (Lipinski definition) is 1. The lowest BCUT2D eigenvalue weighted by Gasteiger charge is -2.33. The van der Waals surface area contributed by atoms with Gasteiger partial charge in [0.2, 0.25) is 0 Å². The monoisotopic (exact) mass is 252 g/mol. The van der Waals surface area contributed by atoms with Gasteiger partial charge in [-0.1, -0.05) is 26.7 Å². The first-order valence-electron chi connectivity index (χ1n) is 6.85. The van der Waals surface area contributed by atoms with E-state index in [1.54, 1.807) is 0 Å². The molecule has 3 heteroatoms. The van der Waals surface area contributed by atoms with Crippen LogP contribution in [0.25, 0.3) is 0 Å². The van der Waals surface area contributed by atoms with Crippen LogP contribution < -0.4 is 5.32 Å². The quantitative estimate of drug-likeness (QED) is 0.878. The molecule has 0 spiro atoms. The number of rotatable bonds is 4. The Bertz CT molecular complexity index is 340. The van der Waals surface area contributed by atoms with E-state index in [4.69, 9.17) is 0 Å². The second-order valence-corrected chi connectivity index (χ2v) is 6.24. The van der Waals surface area contributed by atoms with Crippen LogP contribution in [0.3, 0.4) is 0 Å². The Morgan fingerprint density at radius 3 is 2.65 bits per heavy atom. The molecule has 1 fully saturated rings. The third-order valence-electron chi connectivity index (χ3n) is 4.02. The molecule has 96 valence electrons. The summed E-state index contributed by atoms with van der Waals surface area (Å²) in [5, 5.41) is 3.68. The molecule has 1 heterocycles. The molecule has 1 unspecified atom stereocenters. The SMILES string of the molecule is CCNC(c1scnc1C)C1CCC(C)CC1. The molecule has 1 aromatic rings. The van der Waals surface area contributed by atoms with Crippen LogP contribution in [0.5, 0.6) is 0 Å². The van der Waals surface area contributed by atoms with E-state index in [0.717, 1.165) is 18.4 Å². The second-order valence-electron chi connectivity index (χ2n) is 5.36. The van der Waals surface area contributed by atoms with Gasteiger partial charge in [0, 0.05) is 10.9 Å². The fourth-order valence-electron chi connectivity index (χ4n) is 2.92. The highest BCUT2D eigenvalue weighted by molar-refractivity contribution is 7.09. The first-order valence-corrected chi connectivity index (χ1v) is 7.73. The molecule has 0 bridgehead atoms. The highest BCUT2D eigenvalue weighted by Crippen LogP contribution is 2.38. The minimum Gasteiger partial charge on any atom is -0.309 e. The van der Waals surface area contributed by atoms with Crippen molar-refractivity contribution >= 4 is 11.3 Å². The fourth-order valence-corrected chi connectivity index (χ4v) is 3.89. The Labute approximate surface area is 109 Å². The normalized spacial score (nSPS) is 27.0. The molecular weight excluding hydrogens is 228 g/mol. The van der Waals surface area contributed by atoms with Gasteiger partial charge in [-0.3, -0.25) is 0 Å². The van der Waals surface area contributed by atoms with Crippen LogP contribution in [0.2, 0.25) is 0 Å². The van der Waals surface area contributed by atoms with Crippen LogP contribution >= 0.6 is 11.3 Å². The summed E-state index contributed by atoms with van der Waals surface area (Å²) in [4.78, 5) is 5.87. The highest BCUT2D eigenvalue weighted by atomic mass is 32.1. The molecule has 2 nitrogen and oxygen atoms in total. The lowest BCUT2D eigenvalue weighted by atomic mass is 9.78. The van der Waals surface area contributed by atoms with Crippen molar-refractivity contribution in [2.45, 2.75) is 52.5 Å². The Hall–Kier alpha value is -0.410. The number of aromatic nitrogens is 1. The summed E-state index contributed by atoms with van der Waals surface area (Å²) in [7, 11) is 0. The van der Waals surface area contributed by atoms with Gasteiger partial charge in [0.15, 0.2) is 0 Å². The summed E-state index contributed by atoms with van der Waals surface area (Å²) in [6, 6.07) is 0.542. The van der Waals surface area contributed by atoms with Crippen LogP contribution in [-0.2, 0) is 0 Å². The van der Waals surface area contributed by atoms with Gasteiger partial charge < -0.3 is 5.32 Å². The zero-order valence-electron chi connectivity index (χ0n) is 11.2. The lowest BCUT2D eigenvalue weighted by Crippen LogP contribution is -2.30. The van der Waals surface area contributed by atoms with Crippen molar-refractivity contribution in [1.82, 2.24) is 10.3 Å². The summed E-state index contributed by atoms with van der Waals surface area (Å²) in [5.41, 5.74) is 3.21. The van der Waals surface area contributed by atoms with Gasteiger partial charge in [-0.05, 0) is 38.1 Å². The van der Waals surface area contributed by atoms with Gasteiger partial charge in [0.25, 0.3) is 0 Å². The van der Waals surface area contributed by atoms with Crippen LogP contribution in [0, 0.1) is 18.8 Å². The highest BCUT2D eigenvalue weighted by Gasteiger charge is 2.28. The molecule has 1 aliphatic carbocycles. The van der Waals surface area contributed by atoms with Gasteiger partial charge >= 0.3 is 0 Å². The Morgan fingerprint density at radius 1 is 1.41 bits per heavy atom. The minimum absolute atomic E-state index is 0.542. The van der Waals surface area contributed by atoms with Gasteiger partial charge in [-0.15, -0.1) is 11.3 Å². The largest absolute Gasteiger partial charge is 0.309 e. The second kappa shape index (κ2) is 5.96. The smallest absolute Gasteiger partial charge is 0.0798 e. The van der Waals surface area contributed by atoms with E-state index < -0.39 is 0 Å². The number of nitrogens with one attached hydrogen (secondary N) is 1. The summed E-state index contributed by atoms with van der Waals surface area (Å²) in [6.45, 7) is 7.78. The maximum absolute atomic E-state index is 4.41. The number of thiazole rings is 1. The van der Waals surface area contributed by atoms with Crippen molar-refractivity contribution in [3.63, 3.8) is 0 Å². The fraction of sp³-hybridized carbons (Fsp3) is 0.786. The lowest BCUT2D eigenvalue weighted by molar-refractivity contribution is 0.234. The van der Waals surface area contributed by atoms with E-state index >= 15 is 0 Å². The summed E-state index contributed by atoms with van der Waals surface area (Å²) in [6.07, 6.45) is 5.53. The van der Waals surface area contributed by atoms with E-state index in [9.17, 15) is 0 Å². The molecule has 1 aliphatic rings. The number of nitrogens with zero attached hydrogens (tertiary/aromatic N) is 1. The average Bonchev–Trinajstić information content (AvgIpc) is 2.74. The van der Waals surface area contributed by atoms with Gasteiger partial charge in [0.05, 0.1) is 11.2 Å². The summed E-state index contributed by atoms with van der Waals surface area (Å²) >= 11 is 1.82. The Kier molecular flexibility index (Phi) is 4.57. The molecule has 0 aliphatic heterocycles. The third kappa shape index (κ3) is 3.08. The maximum atomic E-state index is 4.41. The third-order valence-corrected chi connectivity index (χ3v) is 5.04. The topological polar surface area (TPSA) is 24.9 Å². The summed E-state index contributed by atoms with van der Waals surface area (Å²) < 4.78 is 0. The van der Waals surface area contributed by atoms with E-state index in [0.29, 0.717) is 6.04 Å². The molecule has 1 atom stereocenters. The predicted molar refractivity (Wildman–Crippen MR) is 74.4 cm³/mol. The zero-order valence-corrected chi connectivity index (χ0v) is 12.0. The van der Waals surface area contributed by atoms with Gasteiger partial charge in [-0.2, -0.15) is 0 Å². The van der Waals surface area contributed by atoms with Gasteiger partial charge in [0.1, 0.15) is 0 Å². The van der Waals surface area contributed by atoms with Crippen molar-refractivity contribution in [1.29, 1.82) is 0 Å². The van der Waals surface area contributed by atoms with E-state index in [2.05, 4.69) is 31.1 Å². The van der Waals surface area contributed by atoms with Crippen molar-refractivity contribution in [2.24, 2.45) is 11.8 Å². The van der Waals surface area contributed by atoms with Crippen LogP contribution in [-0.4, -0.2) is 11.5 Å². The molecule has 17 heavy (non-hydrogen) atoms. The molecule has 1 aromatic heterocycles. The van der Waals surface area contributed by atoms with Crippen LogP contribution in [0.4, 0.5) is 0 Å². The molecule has 0 radical (unpaired) electrons. The zero-order chi connectivity index (χ0) is 12.3. The van der Waals surface area contributed by atoms with Crippen molar-refractivity contribution in [3.05, 3.63) is 16.1 Å². The standard InChI is InChI=1S/C14H24N2S/c1-4-15-13(14-11(3)16-9-17-14)12-7-5-10(2)6-8-12/h9-10,12-13,15H,4-8H2,1-3H3. The number of hydrogen-bond acceptors (Lipinski definition) is 3. The van der Waals surface area contributed by atoms with Crippen molar-refractivity contribution in [3.8, 4) is 0 Å². The van der Waals surface area contributed by atoms with E-state index in [1.807, 2.05) is 16.8 Å². The van der Waals surface area contributed by atoms with Crippen LogP contribution in [0.1, 0.15) is 56.1 Å². The van der Waals surface area contributed by atoms with E-state index in [1.165, 1.54) is 36.3 Å². The van der Waals surface area contributed by atoms with Crippen molar-refractivity contribution < 1.29 is 0 Å². The van der Waals surface area contributed by atoms with Crippen molar-refractivity contribution in [2.75, 3.05) is 6.54 Å². The number of aryl methyl sites for hydroxylation is 1.